The number of hydrogen-bond donors (Lipinski definition) is 1. The molecule has 2 aliphatic heterocycles. The van der Waals surface area contributed by atoms with Crippen molar-refractivity contribution in [3.8, 4) is 0 Å². The molecule has 2 bridgehead atoms. The summed E-state index contributed by atoms with van der Waals surface area (Å²) in [7, 11) is 0. The van der Waals surface area contributed by atoms with Crippen molar-refractivity contribution in [3.63, 3.8) is 0 Å². The molecule has 3 rings (SSSR count). The lowest BCUT2D eigenvalue weighted by atomic mass is 9.83. The minimum Gasteiger partial charge on any atom is -0.389 e. The summed E-state index contributed by atoms with van der Waals surface area (Å²) in [6, 6.07) is 5.58. The van der Waals surface area contributed by atoms with Gasteiger partial charge in [-0.25, -0.2) is 0 Å². The third-order valence-corrected chi connectivity index (χ3v) is 4.54. The van der Waals surface area contributed by atoms with Crippen LogP contribution in [0.4, 0.5) is 0 Å². The second-order valence-corrected chi connectivity index (χ2v) is 6.23. The molecule has 1 saturated heterocycles. The summed E-state index contributed by atoms with van der Waals surface area (Å²) >= 11 is 0. The fraction of sp³-hybridized carbons (Fsp3) is 0.688. The fourth-order valence-electron chi connectivity index (χ4n) is 3.75. The van der Waals surface area contributed by atoms with Gasteiger partial charge in [0.15, 0.2) is 0 Å². The molecule has 116 valence electrons. The van der Waals surface area contributed by atoms with Gasteiger partial charge in [-0.15, -0.1) is 0 Å². The van der Waals surface area contributed by atoms with Crippen molar-refractivity contribution in [2.75, 3.05) is 32.8 Å². The Morgan fingerprint density at radius 3 is 3.05 bits per heavy atom. The number of ether oxygens (including phenoxy) is 1. The maximum atomic E-state index is 12.0. The number of β-amino-alcohol motifs (C(OH)–C–C–N with tert-alkyl or cyclic N) is 1. The smallest absolute Gasteiger partial charge is 0.250 e. The van der Waals surface area contributed by atoms with E-state index in [-0.39, 0.29) is 5.56 Å². The normalized spacial score (nSPS) is 26.4. The van der Waals surface area contributed by atoms with Gasteiger partial charge in [0.05, 0.1) is 12.7 Å². The molecule has 21 heavy (non-hydrogen) atoms. The van der Waals surface area contributed by atoms with Gasteiger partial charge in [0.25, 0.3) is 5.56 Å². The summed E-state index contributed by atoms with van der Waals surface area (Å²) < 4.78 is 7.22. The topological polar surface area (TPSA) is 54.7 Å². The van der Waals surface area contributed by atoms with Gasteiger partial charge in [-0.2, -0.15) is 0 Å². The van der Waals surface area contributed by atoms with Crippen molar-refractivity contribution in [1.29, 1.82) is 0 Å². The van der Waals surface area contributed by atoms with Crippen molar-refractivity contribution in [3.05, 3.63) is 34.2 Å². The first kappa shape index (κ1) is 14.8. The number of piperidine rings is 1. The van der Waals surface area contributed by atoms with Crippen LogP contribution in [0.3, 0.4) is 0 Å². The van der Waals surface area contributed by atoms with Gasteiger partial charge in [-0.1, -0.05) is 6.07 Å². The Balaban J connectivity index is 1.69. The Bertz CT molecular complexity index is 543. The van der Waals surface area contributed by atoms with Crippen LogP contribution in [0.25, 0.3) is 0 Å². The van der Waals surface area contributed by atoms with E-state index in [0.717, 1.165) is 31.7 Å². The first-order valence-electron chi connectivity index (χ1n) is 7.85. The zero-order valence-corrected chi connectivity index (χ0v) is 12.6. The third-order valence-electron chi connectivity index (χ3n) is 4.54. The number of hydrogen-bond acceptors (Lipinski definition) is 4. The Labute approximate surface area is 125 Å². The van der Waals surface area contributed by atoms with Crippen LogP contribution >= 0.6 is 0 Å². The van der Waals surface area contributed by atoms with Crippen LogP contribution in [-0.4, -0.2) is 53.5 Å². The van der Waals surface area contributed by atoms with Gasteiger partial charge in [0.1, 0.15) is 0 Å². The molecule has 0 saturated carbocycles. The fourth-order valence-corrected chi connectivity index (χ4v) is 3.75. The molecule has 1 fully saturated rings. The van der Waals surface area contributed by atoms with Crippen LogP contribution in [0.2, 0.25) is 0 Å². The maximum absolute atomic E-state index is 12.0. The van der Waals surface area contributed by atoms with E-state index in [0.29, 0.717) is 31.6 Å². The molecule has 3 heterocycles. The molecule has 0 amide bonds. The standard InChI is InChI=1S/C16H24N2O3/c1-2-21-11-14(19)10-17-7-12-6-13(9-17)15-4-3-5-16(20)18(15)8-12/h3-5,12-14,19H,2,6-11H2,1H3/t12-,13-,14-/m0/s1. The average molecular weight is 292 g/mol. The van der Waals surface area contributed by atoms with E-state index in [1.165, 1.54) is 0 Å². The van der Waals surface area contributed by atoms with E-state index >= 15 is 0 Å². The molecule has 0 radical (unpaired) electrons. The highest BCUT2D eigenvalue weighted by Gasteiger charge is 2.34. The zero-order valence-electron chi connectivity index (χ0n) is 12.6. The molecule has 1 N–H and O–H groups in total. The van der Waals surface area contributed by atoms with E-state index < -0.39 is 6.10 Å². The van der Waals surface area contributed by atoms with E-state index in [4.69, 9.17) is 4.74 Å². The Hall–Kier alpha value is -1.17. The van der Waals surface area contributed by atoms with Crippen LogP contribution in [0, 0.1) is 5.92 Å². The number of rotatable bonds is 5. The molecular weight excluding hydrogens is 268 g/mol. The molecule has 3 atom stereocenters. The van der Waals surface area contributed by atoms with Crippen LogP contribution in [0.1, 0.15) is 25.0 Å². The molecule has 5 nitrogen and oxygen atoms in total. The molecule has 1 aromatic rings. The third kappa shape index (κ3) is 3.20. The summed E-state index contributed by atoms with van der Waals surface area (Å²) in [5, 5.41) is 10.0. The number of fused-ring (bicyclic) bond motifs is 4. The number of aliphatic hydroxyl groups is 1. The van der Waals surface area contributed by atoms with Crippen molar-refractivity contribution >= 4 is 0 Å². The van der Waals surface area contributed by atoms with E-state index in [1.54, 1.807) is 6.07 Å². The van der Waals surface area contributed by atoms with Crippen LogP contribution < -0.4 is 5.56 Å². The Morgan fingerprint density at radius 2 is 2.24 bits per heavy atom. The number of nitrogens with zero attached hydrogens (tertiary/aromatic N) is 2. The van der Waals surface area contributed by atoms with E-state index in [9.17, 15) is 9.90 Å². The lowest BCUT2D eigenvalue weighted by Gasteiger charge is -2.43. The predicted molar refractivity (Wildman–Crippen MR) is 80.5 cm³/mol. The Morgan fingerprint density at radius 1 is 1.38 bits per heavy atom. The highest BCUT2D eigenvalue weighted by molar-refractivity contribution is 5.16. The summed E-state index contributed by atoms with van der Waals surface area (Å²) in [5.74, 6) is 0.918. The summed E-state index contributed by atoms with van der Waals surface area (Å²) in [4.78, 5) is 14.3. The van der Waals surface area contributed by atoms with Crippen molar-refractivity contribution in [2.24, 2.45) is 5.92 Å². The second kappa shape index (κ2) is 6.30. The monoisotopic (exact) mass is 292 g/mol. The van der Waals surface area contributed by atoms with Crippen LogP contribution in [0.5, 0.6) is 0 Å². The number of likely N-dealkylation sites (tertiary alicyclic amines) is 1. The molecule has 0 aromatic carbocycles. The lowest BCUT2D eigenvalue weighted by molar-refractivity contribution is 0.00625. The molecule has 1 aromatic heterocycles. The molecular formula is C16H24N2O3. The van der Waals surface area contributed by atoms with Gasteiger partial charge >= 0.3 is 0 Å². The molecule has 5 heteroatoms. The van der Waals surface area contributed by atoms with Crippen molar-refractivity contribution in [1.82, 2.24) is 9.47 Å². The second-order valence-electron chi connectivity index (χ2n) is 6.23. The summed E-state index contributed by atoms with van der Waals surface area (Å²) in [5.41, 5.74) is 1.27. The van der Waals surface area contributed by atoms with Gasteiger partial charge in [0, 0.05) is 50.5 Å². The quantitative estimate of drug-likeness (QED) is 0.866. The summed E-state index contributed by atoms with van der Waals surface area (Å²) in [6.45, 7) is 6.32. The largest absolute Gasteiger partial charge is 0.389 e. The average Bonchev–Trinajstić information content (AvgIpc) is 2.46. The molecule has 2 aliphatic rings. The number of aromatic nitrogens is 1. The minimum atomic E-state index is -0.429. The lowest BCUT2D eigenvalue weighted by Crippen LogP contribution is -2.49. The first-order chi connectivity index (χ1) is 10.2. The molecule has 0 unspecified atom stereocenters. The van der Waals surface area contributed by atoms with Gasteiger partial charge < -0.3 is 14.4 Å². The Kier molecular flexibility index (Phi) is 4.42. The van der Waals surface area contributed by atoms with Crippen molar-refractivity contribution < 1.29 is 9.84 Å². The van der Waals surface area contributed by atoms with Crippen LogP contribution in [-0.2, 0) is 11.3 Å². The summed E-state index contributed by atoms with van der Waals surface area (Å²) in [6.07, 6.45) is 0.725. The van der Waals surface area contributed by atoms with E-state index in [1.807, 2.05) is 17.6 Å². The van der Waals surface area contributed by atoms with Gasteiger partial charge in [-0.3, -0.25) is 9.69 Å². The van der Waals surface area contributed by atoms with E-state index in [2.05, 4.69) is 11.0 Å². The highest BCUT2D eigenvalue weighted by Crippen LogP contribution is 2.34. The van der Waals surface area contributed by atoms with Gasteiger partial charge in [0.2, 0.25) is 0 Å². The molecule has 0 aliphatic carbocycles. The molecule has 0 spiro atoms. The zero-order chi connectivity index (χ0) is 14.8. The van der Waals surface area contributed by atoms with Crippen LogP contribution in [0.15, 0.2) is 23.0 Å². The highest BCUT2D eigenvalue weighted by atomic mass is 16.5. The number of pyridine rings is 1. The van der Waals surface area contributed by atoms with Crippen molar-refractivity contribution in [2.45, 2.75) is 31.9 Å². The SMILES string of the molecule is CCOC[C@@H](O)CN1C[C@@H]2C[C@@H](C1)c1cccc(=O)n1C2. The maximum Gasteiger partial charge on any atom is 0.250 e. The minimum absolute atomic E-state index is 0.118. The number of aliphatic hydroxyl groups excluding tert-OH is 1. The van der Waals surface area contributed by atoms with Gasteiger partial charge in [-0.05, 0) is 25.3 Å². The predicted octanol–water partition coefficient (Wildman–Crippen LogP) is 0.665. The first-order valence-corrected chi connectivity index (χ1v) is 7.85.